The summed E-state index contributed by atoms with van der Waals surface area (Å²) in [7, 11) is 0. The van der Waals surface area contributed by atoms with Crippen molar-refractivity contribution in [3.8, 4) is 0 Å². The molecular formula is C20H19F4N5O. The van der Waals surface area contributed by atoms with Gasteiger partial charge in [-0.25, -0.2) is 13.9 Å². The van der Waals surface area contributed by atoms with Gasteiger partial charge in [-0.05, 0) is 19.1 Å². The van der Waals surface area contributed by atoms with E-state index in [2.05, 4.69) is 10.1 Å². The number of aryl methyl sites for hydroxylation is 1. The highest BCUT2D eigenvalue weighted by Crippen LogP contribution is 2.30. The first-order valence-corrected chi connectivity index (χ1v) is 9.42. The molecule has 4 rings (SSSR count). The maximum atomic E-state index is 13.8. The number of piperazine rings is 1. The molecule has 0 radical (unpaired) electrons. The minimum absolute atomic E-state index is 0.0242. The van der Waals surface area contributed by atoms with Gasteiger partial charge in [-0.15, -0.1) is 0 Å². The first-order chi connectivity index (χ1) is 14.2. The van der Waals surface area contributed by atoms with Gasteiger partial charge in [0.15, 0.2) is 11.3 Å². The van der Waals surface area contributed by atoms with Gasteiger partial charge in [-0.2, -0.15) is 18.3 Å². The maximum Gasteiger partial charge on any atom is 0.433 e. The molecule has 30 heavy (non-hydrogen) atoms. The van der Waals surface area contributed by atoms with Gasteiger partial charge in [0.2, 0.25) is 0 Å². The first-order valence-electron chi connectivity index (χ1n) is 9.42. The zero-order chi connectivity index (χ0) is 21.5. The van der Waals surface area contributed by atoms with Gasteiger partial charge in [-0.1, -0.05) is 18.2 Å². The van der Waals surface area contributed by atoms with Crippen LogP contribution in [0.25, 0.3) is 5.65 Å². The quantitative estimate of drug-likeness (QED) is 0.610. The Morgan fingerprint density at radius 3 is 2.47 bits per heavy atom. The number of carbonyl (C=O) groups excluding carboxylic acids is 1. The third kappa shape index (κ3) is 4.00. The van der Waals surface area contributed by atoms with Crippen LogP contribution in [0.2, 0.25) is 0 Å². The molecule has 1 amide bonds. The fourth-order valence-corrected chi connectivity index (χ4v) is 3.55. The van der Waals surface area contributed by atoms with Crippen molar-refractivity contribution in [2.45, 2.75) is 19.6 Å². The van der Waals surface area contributed by atoms with Crippen molar-refractivity contribution < 1.29 is 22.4 Å². The smallest absolute Gasteiger partial charge is 0.335 e. The molecule has 0 atom stereocenters. The van der Waals surface area contributed by atoms with Crippen LogP contribution in [0.1, 0.15) is 27.4 Å². The molecule has 0 spiro atoms. The number of rotatable bonds is 3. The van der Waals surface area contributed by atoms with Crippen LogP contribution in [0.4, 0.5) is 17.6 Å². The minimum atomic E-state index is -4.61. The average molecular weight is 421 g/mol. The number of alkyl halides is 3. The summed E-state index contributed by atoms with van der Waals surface area (Å²) in [4.78, 5) is 20.4. The van der Waals surface area contributed by atoms with E-state index in [1.54, 1.807) is 23.1 Å². The Hall–Kier alpha value is -3.01. The number of benzene rings is 1. The lowest BCUT2D eigenvalue weighted by molar-refractivity contribution is -0.142. The molecule has 0 unspecified atom stereocenters. The van der Waals surface area contributed by atoms with Crippen LogP contribution >= 0.6 is 0 Å². The highest BCUT2D eigenvalue weighted by Gasteiger charge is 2.35. The molecule has 0 N–H and O–H groups in total. The largest absolute Gasteiger partial charge is 0.433 e. The number of carbonyl (C=O) groups is 1. The molecule has 158 valence electrons. The molecule has 3 heterocycles. The molecule has 1 fully saturated rings. The Balaban J connectivity index is 1.48. The summed E-state index contributed by atoms with van der Waals surface area (Å²) >= 11 is 0. The van der Waals surface area contributed by atoms with Crippen LogP contribution in [-0.2, 0) is 12.7 Å². The normalized spacial score (nSPS) is 15.7. The summed E-state index contributed by atoms with van der Waals surface area (Å²) in [5.41, 5.74) is -0.307. The monoisotopic (exact) mass is 421 g/mol. The molecule has 1 aromatic carbocycles. The second-order valence-corrected chi connectivity index (χ2v) is 7.24. The lowest BCUT2D eigenvalue weighted by Gasteiger charge is -2.34. The lowest BCUT2D eigenvalue weighted by atomic mass is 10.2. The maximum absolute atomic E-state index is 13.8. The van der Waals surface area contributed by atoms with Crippen LogP contribution < -0.4 is 0 Å². The van der Waals surface area contributed by atoms with Crippen molar-refractivity contribution in [2.75, 3.05) is 26.2 Å². The van der Waals surface area contributed by atoms with Crippen molar-refractivity contribution in [2.24, 2.45) is 0 Å². The van der Waals surface area contributed by atoms with E-state index in [0.29, 0.717) is 42.8 Å². The number of amides is 1. The van der Waals surface area contributed by atoms with E-state index in [1.807, 2.05) is 4.90 Å². The Kier molecular flexibility index (Phi) is 5.19. The molecular weight excluding hydrogens is 402 g/mol. The Morgan fingerprint density at radius 1 is 1.10 bits per heavy atom. The van der Waals surface area contributed by atoms with Gasteiger partial charge >= 0.3 is 6.18 Å². The topological polar surface area (TPSA) is 53.7 Å². The standard InChI is InChI=1S/C20H19F4N5O/c1-13-10-17(20(22,23)24)29-18(25-13)11-16(26-29)19(30)28-8-6-27(7-9-28)12-14-4-2-3-5-15(14)21/h2-5,10-11H,6-9,12H2,1H3. The van der Waals surface area contributed by atoms with E-state index in [9.17, 15) is 22.4 Å². The molecule has 0 saturated carbocycles. The van der Waals surface area contributed by atoms with E-state index in [1.165, 1.54) is 19.1 Å². The summed E-state index contributed by atoms with van der Waals surface area (Å²) in [5.74, 6) is -0.721. The Labute approximate surface area is 169 Å². The van der Waals surface area contributed by atoms with Gasteiger partial charge in [0.05, 0.1) is 0 Å². The van der Waals surface area contributed by atoms with E-state index < -0.39 is 17.8 Å². The highest BCUT2D eigenvalue weighted by atomic mass is 19.4. The molecule has 1 aliphatic rings. The molecule has 1 saturated heterocycles. The Bertz CT molecular complexity index is 1090. The zero-order valence-electron chi connectivity index (χ0n) is 16.2. The third-order valence-corrected chi connectivity index (χ3v) is 5.08. The van der Waals surface area contributed by atoms with E-state index in [0.717, 1.165) is 6.07 Å². The van der Waals surface area contributed by atoms with Crippen LogP contribution in [0.15, 0.2) is 36.4 Å². The molecule has 1 aliphatic heterocycles. The molecule has 3 aromatic rings. The van der Waals surface area contributed by atoms with Crippen molar-refractivity contribution in [1.82, 2.24) is 24.4 Å². The SMILES string of the molecule is Cc1cc(C(F)(F)F)n2nc(C(=O)N3CCN(Cc4ccccc4F)CC3)cc2n1. The molecule has 0 bridgehead atoms. The number of nitrogens with zero attached hydrogens (tertiary/aromatic N) is 5. The van der Waals surface area contributed by atoms with Crippen LogP contribution in [0.3, 0.4) is 0 Å². The van der Waals surface area contributed by atoms with Gasteiger partial charge in [-0.3, -0.25) is 9.69 Å². The molecule has 2 aromatic heterocycles. The summed E-state index contributed by atoms with van der Waals surface area (Å²) in [6, 6.07) is 8.70. The fourth-order valence-electron chi connectivity index (χ4n) is 3.55. The average Bonchev–Trinajstić information content (AvgIpc) is 3.12. The van der Waals surface area contributed by atoms with Crippen molar-refractivity contribution in [1.29, 1.82) is 0 Å². The second kappa shape index (κ2) is 7.67. The molecule has 0 aliphatic carbocycles. The number of halogens is 4. The van der Waals surface area contributed by atoms with Crippen LogP contribution in [0.5, 0.6) is 0 Å². The van der Waals surface area contributed by atoms with Gasteiger partial charge in [0, 0.05) is 50.0 Å². The van der Waals surface area contributed by atoms with Crippen molar-refractivity contribution in [3.63, 3.8) is 0 Å². The highest BCUT2D eigenvalue weighted by molar-refractivity contribution is 5.93. The number of hydrogen-bond donors (Lipinski definition) is 0. The van der Waals surface area contributed by atoms with Crippen molar-refractivity contribution in [3.05, 3.63) is 64.9 Å². The Morgan fingerprint density at radius 2 is 1.80 bits per heavy atom. The van der Waals surface area contributed by atoms with Gasteiger partial charge < -0.3 is 4.90 Å². The summed E-state index contributed by atoms with van der Waals surface area (Å²) in [6.07, 6.45) is -4.61. The number of hydrogen-bond acceptors (Lipinski definition) is 4. The van der Waals surface area contributed by atoms with Gasteiger partial charge in [0.1, 0.15) is 11.5 Å². The summed E-state index contributed by atoms with van der Waals surface area (Å²) in [5, 5.41) is 3.87. The first kappa shape index (κ1) is 20.3. The van der Waals surface area contributed by atoms with Crippen molar-refractivity contribution >= 4 is 11.6 Å². The van der Waals surface area contributed by atoms with Gasteiger partial charge in [0.25, 0.3) is 5.91 Å². The summed E-state index contributed by atoms with van der Waals surface area (Å²) < 4.78 is 54.4. The molecule has 10 heteroatoms. The predicted octanol–water partition coefficient (Wildman–Crippen LogP) is 3.15. The van der Waals surface area contributed by atoms with Crippen LogP contribution in [-0.4, -0.2) is 56.5 Å². The zero-order valence-corrected chi connectivity index (χ0v) is 16.2. The second-order valence-electron chi connectivity index (χ2n) is 7.24. The van der Waals surface area contributed by atoms with E-state index in [-0.39, 0.29) is 22.9 Å². The van der Waals surface area contributed by atoms with Crippen LogP contribution in [0, 0.1) is 12.7 Å². The number of fused-ring (bicyclic) bond motifs is 1. The fraction of sp³-hybridized carbons (Fsp3) is 0.350. The van der Waals surface area contributed by atoms with E-state index >= 15 is 0 Å². The minimum Gasteiger partial charge on any atom is -0.335 e. The summed E-state index contributed by atoms with van der Waals surface area (Å²) in [6.45, 7) is 3.69. The predicted molar refractivity (Wildman–Crippen MR) is 100 cm³/mol. The van der Waals surface area contributed by atoms with E-state index in [4.69, 9.17) is 0 Å². The number of aromatic nitrogens is 3. The lowest BCUT2D eigenvalue weighted by Crippen LogP contribution is -2.48. The third-order valence-electron chi connectivity index (χ3n) is 5.08. The molecule has 6 nitrogen and oxygen atoms in total.